The number of hydrogen-bond donors (Lipinski definition) is 1. The van der Waals surface area contributed by atoms with Gasteiger partial charge in [0.15, 0.2) is 0 Å². The lowest BCUT2D eigenvalue weighted by molar-refractivity contribution is 0.0924. The fourth-order valence-corrected chi connectivity index (χ4v) is 3.05. The van der Waals surface area contributed by atoms with Crippen LogP contribution in [0.5, 0.6) is 0 Å². The van der Waals surface area contributed by atoms with Crippen molar-refractivity contribution in [3.05, 3.63) is 29.8 Å². The topological polar surface area (TPSA) is 45.2 Å². The lowest BCUT2D eigenvalue weighted by Crippen LogP contribution is -2.42. The van der Waals surface area contributed by atoms with Gasteiger partial charge in [0.1, 0.15) is 0 Å². The zero-order chi connectivity index (χ0) is 12.5. The molecule has 2 unspecified atom stereocenters. The number of carbonyl (C=O) groups excluding carboxylic acids is 1. The maximum Gasteiger partial charge on any atom is 0.256 e. The highest BCUT2D eigenvalue weighted by molar-refractivity contribution is 5.94. The lowest BCUT2D eigenvalue weighted by Gasteiger charge is -2.21. The molecule has 18 heavy (non-hydrogen) atoms. The summed E-state index contributed by atoms with van der Waals surface area (Å²) in [5.74, 6) is -1.05. The van der Waals surface area contributed by atoms with Gasteiger partial charge < -0.3 is 5.32 Å². The molecule has 0 radical (unpaired) electrons. The molecule has 1 amide bonds. The molecule has 0 bridgehead atoms. The van der Waals surface area contributed by atoms with Gasteiger partial charge in [-0.05, 0) is 37.9 Å². The number of hydrogen-bond acceptors (Lipinski definition) is 3. The zero-order valence-corrected chi connectivity index (χ0v) is 10.1. The summed E-state index contributed by atoms with van der Waals surface area (Å²) in [7, 11) is 0. The summed E-state index contributed by atoms with van der Waals surface area (Å²) in [5, 5.41) is 2.95. The van der Waals surface area contributed by atoms with E-state index in [1.165, 1.54) is 18.7 Å². The van der Waals surface area contributed by atoms with Crippen molar-refractivity contribution >= 4 is 5.91 Å². The average Bonchev–Trinajstić information content (AvgIpc) is 2.94. The molecular formula is C13H16FN3O. The van der Waals surface area contributed by atoms with Gasteiger partial charge in [-0.25, -0.2) is 4.98 Å². The highest BCUT2D eigenvalue weighted by Crippen LogP contribution is 2.28. The van der Waals surface area contributed by atoms with Gasteiger partial charge in [0.25, 0.3) is 5.91 Å². The second kappa shape index (κ2) is 4.65. The van der Waals surface area contributed by atoms with Crippen molar-refractivity contribution in [2.24, 2.45) is 0 Å². The van der Waals surface area contributed by atoms with Crippen LogP contribution in [0.2, 0.25) is 0 Å². The van der Waals surface area contributed by atoms with Gasteiger partial charge in [-0.3, -0.25) is 9.69 Å². The Kier molecular flexibility index (Phi) is 2.99. The molecule has 2 aliphatic rings. The van der Waals surface area contributed by atoms with Crippen LogP contribution in [0.4, 0.5) is 4.39 Å². The Labute approximate surface area is 105 Å². The third-order valence-electron chi connectivity index (χ3n) is 3.93. The third kappa shape index (κ3) is 1.99. The van der Waals surface area contributed by atoms with E-state index in [1.54, 1.807) is 6.07 Å². The number of aromatic nitrogens is 1. The van der Waals surface area contributed by atoms with Gasteiger partial charge in [0.05, 0.1) is 5.56 Å². The van der Waals surface area contributed by atoms with E-state index in [1.807, 2.05) is 0 Å². The molecule has 2 aliphatic heterocycles. The van der Waals surface area contributed by atoms with Crippen LogP contribution in [-0.2, 0) is 0 Å². The summed E-state index contributed by atoms with van der Waals surface area (Å²) in [6.07, 6.45) is 4.62. The number of pyridine rings is 1. The quantitative estimate of drug-likeness (QED) is 0.801. The number of fused-ring (bicyclic) bond motifs is 1. The molecule has 0 spiro atoms. The highest BCUT2D eigenvalue weighted by Gasteiger charge is 2.38. The Balaban J connectivity index is 1.70. The fourth-order valence-electron chi connectivity index (χ4n) is 3.05. The molecule has 1 aromatic heterocycles. The minimum Gasteiger partial charge on any atom is -0.348 e. The number of carbonyl (C=O) groups is 1. The van der Waals surface area contributed by atoms with Crippen LogP contribution in [0, 0.1) is 5.95 Å². The summed E-state index contributed by atoms with van der Waals surface area (Å²) < 4.78 is 13.4. The molecule has 2 atom stereocenters. The van der Waals surface area contributed by atoms with Crippen molar-refractivity contribution in [3.63, 3.8) is 0 Å². The lowest BCUT2D eigenvalue weighted by atomic mass is 10.1. The summed E-state index contributed by atoms with van der Waals surface area (Å²) in [6.45, 7) is 2.16. The van der Waals surface area contributed by atoms with E-state index in [-0.39, 0.29) is 17.5 Å². The van der Waals surface area contributed by atoms with E-state index in [0.717, 1.165) is 25.9 Å². The molecule has 2 fully saturated rings. The number of rotatable bonds is 2. The van der Waals surface area contributed by atoms with Crippen molar-refractivity contribution in [1.29, 1.82) is 0 Å². The van der Waals surface area contributed by atoms with Crippen molar-refractivity contribution in [3.8, 4) is 0 Å². The first-order chi connectivity index (χ1) is 8.75. The highest BCUT2D eigenvalue weighted by atomic mass is 19.1. The summed E-state index contributed by atoms with van der Waals surface area (Å²) in [5.41, 5.74) is 0.0361. The predicted octanol–water partition coefficient (Wildman–Crippen LogP) is 1.19. The first-order valence-electron chi connectivity index (χ1n) is 6.41. The molecule has 96 valence electrons. The van der Waals surface area contributed by atoms with Crippen LogP contribution in [0.15, 0.2) is 18.3 Å². The molecule has 0 saturated carbocycles. The van der Waals surface area contributed by atoms with Crippen LogP contribution in [-0.4, -0.2) is 41.0 Å². The molecule has 2 saturated heterocycles. The Morgan fingerprint density at radius 3 is 3.17 bits per heavy atom. The number of nitrogens with zero attached hydrogens (tertiary/aromatic N) is 2. The second-order valence-corrected chi connectivity index (χ2v) is 4.96. The zero-order valence-electron chi connectivity index (χ0n) is 10.1. The molecule has 0 aromatic carbocycles. The van der Waals surface area contributed by atoms with Crippen LogP contribution >= 0.6 is 0 Å². The molecule has 3 heterocycles. The standard InChI is InChI=1S/C13H16FN3O/c14-12-9(3-1-6-15-12)13(18)16-10-5-8-17-7-2-4-11(10)17/h1,3,6,10-11H,2,4-5,7-8H2,(H,16,18). The van der Waals surface area contributed by atoms with Gasteiger partial charge in [0, 0.05) is 24.8 Å². The average molecular weight is 249 g/mol. The molecule has 1 aromatic rings. The van der Waals surface area contributed by atoms with E-state index in [9.17, 15) is 9.18 Å². The normalized spacial score (nSPS) is 27.2. The number of nitrogens with one attached hydrogen (secondary N) is 1. The van der Waals surface area contributed by atoms with Gasteiger partial charge in [-0.1, -0.05) is 0 Å². The van der Waals surface area contributed by atoms with E-state index in [2.05, 4.69) is 15.2 Å². The predicted molar refractivity (Wildman–Crippen MR) is 64.7 cm³/mol. The SMILES string of the molecule is O=C(NC1CCN2CCCC12)c1cccnc1F. The minimum absolute atomic E-state index is 0.0361. The monoisotopic (exact) mass is 249 g/mol. The van der Waals surface area contributed by atoms with E-state index < -0.39 is 5.95 Å². The van der Waals surface area contributed by atoms with Crippen molar-refractivity contribution in [1.82, 2.24) is 15.2 Å². The van der Waals surface area contributed by atoms with Gasteiger partial charge >= 0.3 is 0 Å². The van der Waals surface area contributed by atoms with Gasteiger partial charge in [-0.2, -0.15) is 4.39 Å². The number of amides is 1. The third-order valence-corrected chi connectivity index (χ3v) is 3.93. The molecule has 5 heteroatoms. The van der Waals surface area contributed by atoms with Crippen LogP contribution < -0.4 is 5.32 Å². The first-order valence-corrected chi connectivity index (χ1v) is 6.41. The molecule has 4 nitrogen and oxygen atoms in total. The van der Waals surface area contributed by atoms with Gasteiger partial charge in [0.2, 0.25) is 5.95 Å². The Bertz CT molecular complexity index is 465. The van der Waals surface area contributed by atoms with Crippen molar-refractivity contribution in [2.75, 3.05) is 13.1 Å². The molecule has 3 rings (SSSR count). The second-order valence-electron chi connectivity index (χ2n) is 4.96. The van der Waals surface area contributed by atoms with E-state index in [0.29, 0.717) is 6.04 Å². The maximum atomic E-state index is 13.4. The minimum atomic E-state index is -0.698. The van der Waals surface area contributed by atoms with Crippen LogP contribution in [0.25, 0.3) is 0 Å². The first kappa shape index (κ1) is 11.6. The molecular weight excluding hydrogens is 233 g/mol. The largest absolute Gasteiger partial charge is 0.348 e. The molecule has 1 N–H and O–H groups in total. The summed E-state index contributed by atoms with van der Waals surface area (Å²) >= 11 is 0. The van der Waals surface area contributed by atoms with E-state index >= 15 is 0 Å². The summed E-state index contributed by atoms with van der Waals surface area (Å²) in [4.78, 5) is 17.9. The smallest absolute Gasteiger partial charge is 0.256 e. The van der Waals surface area contributed by atoms with Gasteiger partial charge in [-0.15, -0.1) is 0 Å². The summed E-state index contributed by atoms with van der Waals surface area (Å²) in [6, 6.07) is 3.64. The molecule has 0 aliphatic carbocycles. The number of halogens is 1. The van der Waals surface area contributed by atoms with Crippen molar-refractivity contribution in [2.45, 2.75) is 31.3 Å². The van der Waals surface area contributed by atoms with Crippen molar-refractivity contribution < 1.29 is 9.18 Å². The fraction of sp³-hybridized carbons (Fsp3) is 0.538. The van der Waals surface area contributed by atoms with Crippen LogP contribution in [0.3, 0.4) is 0 Å². The Hall–Kier alpha value is -1.49. The van der Waals surface area contributed by atoms with E-state index in [4.69, 9.17) is 0 Å². The Morgan fingerprint density at radius 1 is 1.44 bits per heavy atom. The van der Waals surface area contributed by atoms with Crippen LogP contribution in [0.1, 0.15) is 29.6 Å². The Morgan fingerprint density at radius 2 is 2.33 bits per heavy atom. The maximum absolute atomic E-state index is 13.4.